The van der Waals surface area contributed by atoms with Crippen molar-refractivity contribution in [1.82, 2.24) is 5.32 Å². The van der Waals surface area contributed by atoms with E-state index in [4.69, 9.17) is 10.5 Å². The molecule has 0 aromatic heterocycles. The van der Waals surface area contributed by atoms with Crippen molar-refractivity contribution in [1.29, 1.82) is 0 Å². The van der Waals surface area contributed by atoms with Gasteiger partial charge in [0.1, 0.15) is 0 Å². The Morgan fingerprint density at radius 1 is 1.40 bits per heavy atom. The smallest absolute Gasteiger partial charge is 0.312 e. The van der Waals surface area contributed by atoms with Crippen LogP contribution in [-0.4, -0.2) is 12.6 Å². The fourth-order valence-electron chi connectivity index (χ4n) is 1.27. The van der Waals surface area contributed by atoms with Crippen molar-refractivity contribution >= 4 is 6.03 Å². The first-order valence-electron chi connectivity index (χ1n) is 4.92. The van der Waals surface area contributed by atoms with Gasteiger partial charge in [-0.15, -0.1) is 0 Å². The van der Waals surface area contributed by atoms with Crippen LogP contribution in [0, 0.1) is 0 Å². The molecule has 82 valence electrons. The number of rotatable bonds is 5. The normalized spacial score (nSPS) is 9.93. The van der Waals surface area contributed by atoms with Gasteiger partial charge >= 0.3 is 6.03 Å². The fourth-order valence-corrected chi connectivity index (χ4v) is 1.27. The third-order valence-corrected chi connectivity index (χ3v) is 2.03. The van der Waals surface area contributed by atoms with Crippen LogP contribution in [0.25, 0.3) is 0 Å². The predicted octanol–water partition coefficient (Wildman–Crippen LogP) is 1.39. The highest BCUT2D eigenvalue weighted by Crippen LogP contribution is 2.09. The van der Waals surface area contributed by atoms with Crippen molar-refractivity contribution in [3.63, 3.8) is 0 Å². The maximum absolute atomic E-state index is 10.6. The second-order valence-electron chi connectivity index (χ2n) is 3.12. The topological polar surface area (TPSA) is 64.3 Å². The number of hydrogen-bond donors (Lipinski definition) is 2. The third-order valence-electron chi connectivity index (χ3n) is 2.03. The molecular formula is C11H16N2O2. The van der Waals surface area contributed by atoms with Crippen LogP contribution in [0.4, 0.5) is 4.79 Å². The molecule has 0 fully saturated rings. The molecule has 2 amide bonds. The molecule has 4 heteroatoms. The van der Waals surface area contributed by atoms with Gasteiger partial charge < -0.3 is 15.8 Å². The Hall–Kier alpha value is -1.55. The van der Waals surface area contributed by atoms with Crippen molar-refractivity contribution < 1.29 is 9.53 Å². The van der Waals surface area contributed by atoms with Gasteiger partial charge in [-0.05, 0) is 18.1 Å². The van der Waals surface area contributed by atoms with Crippen LogP contribution in [0.5, 0.6) is 0 Å². The zero-order valence-electron chi connectivity index (χ0n) is 8.82. The lowest BCUT2D eigenvalue weighted by Crippen LogP contribution is -2.29. The molecular weight excluding hydrogens is 192 g/mol. The lowest BCUT2D eigenvalue weighted by Gasteiger charge is -2.09. The summed E-state index contributed by atoms with van der Waals surface area (Å²) in [6.45, 7) is 3.63. The molecule has 0 saturated carbocycles. The maximum Gasteiger partial charge on any atom is 0.312 e. The maximum atomic E-state index is 10.6. The number of nitrogens with two attached hydrogens (primary N) is 1. The van der Waals surface area contributed by atoms with Gasteiger partial charge in [-0.2, -0.15) is 0 Å². The summed E-state index contributed by atoms with van der Waals surface area (Å²) in [7, 11) is 0. The van der Waals surface area contributed by atoms with E-state index in [-0.39, 0.29) is 0 Å². The summed E-state index contributed by atoms with van der Waals surface area (Å²) in [4.78, 5) is 10.6. The summed E-state index contributed by atoms with van der Waals surface area (Å²) >= 11 is 0. The van der Waals surface area contributed by atoms with E-state index in [0.717, 1.165) is 11.1 Å². The van der Waals surface area contributed by atoms with Crippen LogP contribution in [0.15, 0.2) is 24.3 Å². The Morgan fingerprint density at radius 3 is 2.67 bits per heavy atom. The number of urea groups is 1. The number of ether oxygens (including phenoxy) is 1. The molecule has 15 heavy (non-hydrogen) atoms. The van der Waals surface area contributed by atoms with Crippen molar-refractivity contribution in [3.05, 3.63) is 35.4 Å². The number of primary amides is 1. The Labute approximate surface area is 89.4 Å². The minimum absolute atomic E-state index is 0.443. The van der Waals surface area contributed by atoms with Gasteiger partial charge in [0.25, 0.3) is 0 Å². The van der Waals surface area contributed by atoms with Crippen LogP contribution in [-0.2, 0) is 17.9 Å². The summed E-state index contributed by atoms with van der Waals surface area (Å²) < 4.78 is 5.32. The first-order chi connectivity index (χ1) is 7.24. The Morgan fingerprint density at radius 2 is 2.07 bits per heavy atom. The predicted molar refractivity (Wildman–Crippen MR) is 58.2 cm³/mol. The molecule has 0 spiro atoms. The van der Waals surface area contributed by atoms with Gasteiger partial charge in [-0.25, -0.2) is 4.79 Å². The monoisotopic (exact) mass is 208 g/mol. The van der Waals surface area contributed by atoms with Crippen LogP contribution in [0.3, 0.4) is 0 Å². The second kappa shape index (κ2) is 6.03. The van der Waals surface area contributed by atoms with Gasteiger partial charge in [0.2, 0.25) is 0 Å². The van der Waals surface area contributed by atoms with E-state index in [1.54, 1.807) is 0 Å². The molecule has 0 unspecified atom stereocenters. The van der Waals surface area contributed by atoms with E-state index in [1.165, 1.54) is 0 Å². The standard InChI is InChI=1S/C11H16N2O2/c1-2-15-8-10-6-4-3-5-9(10)7-13-11(12)14/h3-6H,2,7-8H2,1H3,(H3,12,13,14). The quantitative estimate of drug-likeness (QED) is 0.768. The minimum Gasteiger partial charge on any atom is -0.377 e. The fraction of sp³-hybridized carbons (Fsp3) is 0.364. The van der Waals surface area contributed by atoms with Crippen LogP contribution in [0.1, 0.15) is 18.1 Å². The number of hydrogen-bond acceptors (Lipinski definition) is 2. The van der Waals surface area contributed by atoms with Crippen molar-refractivity contribution in [3.8, 4) is 0 Å². The summed E-state index contributed by atoms with van der Waals surface area (Å²) in [6.07, 6.45) is 0. The van der Waals surface area contributed by atoms with Crippen LogP contribution < -0.4 is 11.1 Å². The zero-order valence-corrected chi connectivity index (χ0v) is 8.82. The second-order valence-corrected chi connectivity index (χ2v) is 3.12. The summed E-state index contributed by atoms with van der Waals surface area (Å²) in [5, 5.41) is 2.56. The van der Waals surface area contributed by atoms with Gasteiger partial charge in [0, 0.05) is 13.2 Å². The summed E-state index contributed by atoms with van der Waals surface area (Å²) in [5.74, 6) is 0. The molecule has 0 aliphatic rings. The van der Waals surface area contributed by atoms with E-state index in [2.05, 4.69) is 5.32 Å². The molecule has 0 saturated heterocycles. The van der Waals surface area contributed by atoms with E-state index in [1.807, 2.05) is 31.2 Å². The highest BCUT2D eigenvalue weighted by molar-refractivity contribution is 5.71. The Bertz CT molecular complexity index is 326. The molecule has 0 radical (unpaired) electrons. The van der Waals surface area contributed by atoms with Crippen molar-refractivity contribution in [2.45, 2.75) is 20.1 Å². The van der Waals surface area contributed by atoms with Gasteiger partial charge in [0.05, 0.1) is 6.61 Å². The number of carbonyl (C=O) groups excluding carboxylic acids is 1. The molecule has 0 aliphatic heterocycles. The SMILES string of the molecule is CCOCc1ccccc1CNC(N)=O. The molecule has 1 aromatic carbocycles. The molecule has 0 atom stereocenters. The van der Waals surface area contributed by atoms with E-state index < -0.39 is 6.03 Å². The average molecular weight is 208 g/mol. The molecule has 0 heterocycles. The average Bonchev–Trinajstić information content (AvgIpc) is 2.24. The van der Waals surface area contributed by atoms with E-state index in [9.17, 15) is 4.79 Å². The van der Waals surface area contributed by atoms with Gasteiger partial charge in [-0.1, -0.05) is 24.3 Å². The van der Waals surface area contributed by atoms with Gasteiger partial charge in [0.15, 0.2) is 0 Å². The molecule has 3 N–H and O–H groups in total. The largest absolute Gasteiger partial charge is 0.377 e. The zero-order chi connectivity index (χ0) is 11.1. The van der Waals surface area contributed by atoms with Gasteiger partial charge in [-0.3, -0.25) is 0 Å². The lowest BCUT2D eigenvalue weighted by molar-refractivity contribution is 0.133. The third kappa shape index (κ3) is 3.99. The molecule has 1 aromatic rings. The highest BCUT2D eigenvalue weighted by atomic mass is 16.5. The number of amides is 2. The summed E-state index contributed by atoms with van der Waals surface area (Å²) in [5.41, 5.74) is 7.12. The van der Waals surface area contributed by atoms with Crippen molar-refractivity contribution in [2.75, 3.05) is 6.61 Å². The highest BCUT2D eigenvalue weighted by Gasteiger charge is 2.02. The molecule has 1 rings (SSSR count). The minimum atomic E-state index is -0.513. The van der Waals surface area contributed by atoms with E-state index >= 15 is 0 Å². The molecule has 0 bridgehead atoms. The number of benzene rings is 1. The lowest BCUT2D eigenvalue weighted by atomic mass is 10.1. The Balaban J connectivity index is 2.63. The van der Waals surface area contributed by atoms with Crippen LogP contribution >= 0.6 is 0 Å². The van der Waals surface area contributed by atoms with E-state index in [0.29, 0.717) is 19.8 Å². The van der Waals surface area contributed by atoms with Crippen LogP contribution in [0.2, 0.25) is 0 Å². The Kier molecular flexibility index (Phi) is 4.63. The number of carbonyl (C=O) groups is 1. The first kappa shape index (κ1) is 11.5. The van der Waals surface area contributed by atoms with Crippen molar-refractivity contribution in [2.24, 2.45) is 5.73 Å². The molecule has 0 aliphatic carbocycles. The molecule has 4 nitrogen and oxygen atoms in total. The summed E-state index contributed by atoms with van der Waals surface area (Å²) in [6, 6.07) is 7.29. The first-order valence-corrected chi connectivity index (χ1v) is 4.92. The number of nitrogens with one attached hydrogen (secondary N) is 1.